The first-order chi connectivity index (χ1) is 13.1. The molecule has 0 aliphatic heterocycles. The number of benzene rings is 2. The lowest BCUT2D eigenvalue weighted by Gasteiger charge is -2.12. The summed E-state index contributed by atoms with van der Waals surface area (Å²) < 4.78 is 3.03. The summed E-state index contributed by atoms with van der Waals surface area (Å²) >= 11 is 4.97. The fourth-order valence-corrected chi connectivity index (χ4v) is 4.17. The fourth-order valence-electron chi connectivity index (χ4n) is 2.98. The molecule has 7 heteroatoms. The lowest BCUT2D eigenvalue weighted by Crippen LogP contribution is -2.33. The van der Waals surface area contributed by atoms with Gasteiger partial charge in [-0.3, -0.25) is 9.20 Å². The van der Waals surface area contributed by atoms with Crippen molar-refractivity contribution in [1.29, 1.82) is 0 Å². The van der Waals surface area contributed by atoms with Gasteiger partial charge in [-0.05, 0) is 43.7 Å². The average molecular weight is 443 g/mol. The van der Waals surface area contributed by atoms with Crippen LogP contribution in [0.2, 0.25) is 0 Å². The van der Waals surface area contributed by atoms with Crippen molar-refractivity contribution >= 4 is 61.2 Å². The Morgan fingerprint density at radius 2 is 2.04 bits per heavy atom. The van der Waals surface area contributed by atoms with Crippen LogP contribution in [0.25, 0.3) is 27.6 Å². The number of rotatable bonds is 5. The minimum Gasteiger partial charge on any atom is -0.353 e. The van der Waals surface area contributed by atoms with Gasteiger partial charge < -0.3 is 5.32 Å². The van der Waals surface area contributed by atoms with E-state index in [2.05, 4.69) is 28.2 Å². The molecule has 0 bridgehead atoms. The van der Waals surface area contributed by atoms with Crippen molar-refractivity contribution in [3.8, 4) is 0 Å². The molecular weight excluding hydrogens is 424 g/mol. The second kappa shape index (κ2) is 7.48. The number of thioether (sulfide) groups is 1. The molecule has 4 aromatic rings. The summed E-state index contributed by atoms with van der Waals surface area (Å²) in [6.07, 6.45) is 0.913. The molecule has 0 fully saturated rings. The van der Waals surface area contributed by atoms with Crippen molar-refractivity contribution in [1.82, 2.24) is 19.7 Å². The molecule has 0 saturated heterocycles. The Bertz CT molecular complexity index is 1160. The van der Waals surface area contributed by atoms with Crippen molar-refractivity contribution in [3.05, 3.63) is 46.9 Å². The Labute approximate surface area is 169 Å². The van der Waals surface area contributed by atoms with Gasteiger partial charge in [0.05, 0.1) is 22.3 Å². The van der Waals surface area contributed by atoms with Crippen LogP contribution in [-0.2, 0) is 4.79 Å². The predicted molar refractivity (Wildman–Crippen MR) is 114 cm³/mol. The van der Waals surface area contributed by atoms with E-state index < -0.39 is 0 Å². The van der Waals surface area contributed by atoms with E-state index in [0.29, 0.717) is 5.75 Å². The number of hydrogen-bond acceptors (Lipinski definition) is 4. The highest BCUT2D eigenvalue weighted by molar-refractivity contribution is 9.10. The van der Waals surface area contributed by atoms with E-state index in [9.17, 15) is 4.79 Å². The summed E-state index contributed by atoms with van der Waals surface area (Å²) in [6.45, 7) is 4.07. The smallest absolute Gasteiger partial charge is 0.230 e. The molecule has 2 aromatic carbocycles. The van der Waals surface area contributed by atoms with Crippen LogP contribution in [0.4, 0.5) is 0 Å². The van der Waals surface area contributed by atoms with Crippen LogP contribution >= 0.6 is 27.7 Å². The van der Waals surface area contributed by atoms with Gasteiger partial charge in [-0.1, -0.05) is 46.7 Å². The Balaban J connectivity index is 1.83. The van der Waals surface area contributed by atoms with Crippen LogP contribution in [0, 0.1) is 0 Å². The zero-order valence-corrected chi connectivity index (χ0v) is 17.5. The first-order valence-electron chi connectivity index (χ1n) is 8.85. The SMILES string of the molecule is CCC(C)NC(=O)CSc1nc2ccc(Br)cc2c2nc3ccccc3n12. The van der Waals surface area contributed by atoms with Crippen LogP contribution < -0.4 is 5.32 Å². The van der Waals surface area contributed by atoms with E-state index in [0.717, 1.165) is 43.6 Å². The lowest BCUT2D eigenvalue weighted by atomic mass is 10.2. The predicted octanol–water partition coefficient (Wildman–Crippen LogP) is 4.81. The molecule has 27 heavy (non-hydrogen) atoms. The largest absolute Gasteiger partial charge is 0.353 e. The van der Waals surface area contributed by atoms with Gasteiger partial charge in [0.1, 0.15) is 5.65 Å². The molecule has 1 atom stereocenters. The number of nitrogens with one attached hydrogen (secondary N) is 1. The van der Waals surface area contributed by atoms with Crippen molar-refractivity contribution < 1.29 is 4.79 Å². The van der Waals surface area contributed by atoms with Gasteiger partial charge in [-0.25, -0.2) is 9.97 Å². The molecule has 1 amide bonds. The third-order valence-electron chi connectivity index (χ3n) is 4.52. The first kappa shape index (κ1) is 18.3. The van der Waals surface area contributed by atoms with Gasteiger partial charge in [0.2, 0.25) is 5.91 Å². The highest BCUT2D eigenvalue weighted by atomic mass is 79.9. The van der Waals surface area contributed by atoms with Gasteiger partial charge >= 0.3 is 0 Å². The van der Waals surface area contributed by atoms with Crippen LogP contribution in [-0.4, -0.2) is 32.1 Å². The third kappa shape index (κ3) is 3.53. The number of halogens is 1. The van der Waals surface area contributed by atoms with Crippen LogP contribution in [0.15, 0.2) is 52.1 Å². The van der Waals surface area contributed by atoms with E-state index in [1.165, 1.54) is 11.8 Å². The highest BCUT2D eigenvalue weighted by Crippen LogP contribution is 2.30. The van der Waals surface area contributed by atoms with E-state index in [-0.39, 0.29) is 11.9 Å². The molecule has 0 aliphatic carbocycles. The monoisotopic (exact) mass is 442 g/mol. The summed E-state index contributed by atoms with van der Waals surface area (Å²) in [4.78, 5) is 21.9. The van der Waals surface area contributed by atoms with Crippen molar-refractivity contribution in [2.24, 2.45) is 0 Å². The Morgan fingerprint density at radius 3 is 2.85 bits per heavy atom. The highest BCUT2D eigenvalue weighted by Gasteiger charge is 2.16. The number of aromatic nitrogens is 3. The maximum atomic E-state index is 12.2. The zero-order valence-electron chi connectivity index (χ0n) is 15.1. The van der Waals surface area contributed by atoms with Gasteiger partial charge in [0.25, 0.3) is 0 Å². The third-order valence-corrected chi connectivity index (χ3v) is 5.95. The zero-order chi connectivity index (χ0) is 19.0. The van der Waals surface area contributed by atoms with E-state index in [4.69, 9.17) is 9.97 Å². The average Bonchev–Trinajstić information content (AvgIpc) is 3.06. The van der Waals surface area contributed by atoms with Crippen LogP contribution in [0.3, 0.4) is 0 Å². The van der Waals surface area contributed by atoms with Gasteiger partial charge in [-0.15, -0.1) is 0 Å². The number of para-hydroxylation sites is 2. The van der Waals surface area contributed by atoms with E-state index in [1.807, 2.05) is 53.8 Å². The number of nitrogens with zero attached hydrogens (tertiary/aromatic N) is 3. The standard InChI is InChI=1S/C20H19BrN4OS/c1-3-12(2)22-18(26)11-27-20-24-15-9-8-13(21)10-14(15)19-23-16-6-4-5-7-17(16)25(19)20/h4-10,12H,3,11H2,1-2H3,(H,22,26). The van der Waals surface area contributed by atoms with Crippen LogP contribution in [0.5, 0.6) is 0 Å². The van der Waals surface area contributed by atoms with E-state index in [1.54, 1.807) is 0 Å². The number of carbonyl (C=O) groups excluding carboxylic acids is 1. The summed E-state index contributed by atoms with van der Waals surface area (Å²) in [7, 11) is 0. The van der Waals surface area contributed by atoms with Gasteiger partial charge in [0, 0.05) is 15.9 Å². The molecular formula is C20H19BrN4OS. The molecule has 0 spiro atoms. The number of amides is 1. The molecule has 0 aliphatic rings. The van der Waals surface area contributed by atoms with Gasteiger partial charge in [-0.2, -0.15) is 0 Å². The second-order valence-electron chi connectivity index (χ2n) is 6.48. The maximum absolute atomic E-state index is 12.2. The van der Waals surface area contributed by atoms with E-state index >= 15 is 0 Å². The molecule has 5 nitrogen and oxygen atoms in total. The minimum atomic E-state index is 0.0182. The fraction of sp³-hybridized carbons (Fsp3) is 0.250. The quantitative estimate of drug-likeness (QED) is 0.356. The molecule has 4 rings (SSSR count). The van der Waals surface area contributed by atoms with Gasteiger partial charge in [0.15, 0.2) is 5.16 Å². The topological polar surface area (TPSA) is 59.3 Å². The Morgan fingerprint density at radius 1 is 1.22 bits per heavy atom. The normalized spacial score (nSPS) is 12.7. The molecule has 0 saturated carbocycles. The number of imidazole rings is 1. The lowest BCUT2D eigenvalue weighted by molar-refractivity contribution is -0.119. The molecule has 0 radical (unpaired) electrons. The number of fused-ring (bicyclic) bond motifs is 5. The molecule has 138 valence electrons. The Hall–Kier alpha value is -2.12. The first-order valence-corrected chi connectivity index (χ1v) is 10.6. The second-order valence-corrected chi connectivity index (χ2v) is 8.34. The molecule has 2 heterocycles. The summed E-state index contributed by atoms with van der Waals surface area (Å²) in [5.41, 5.74) is 3.63. The molecule has 2 aromatic heterocycles. The number of hydrogen-bond donors (Lipinski definition) is 1. The maximum Gasteiger partial charge on any atom is 0.230 e. The number of carbonyl (C=O) groups is 1. The summed E-state index contributed by atoms with van der Waals surface area (Å²) in [5, 5.41) is 4.76. The summed E-state index contributed by atoms with van der Waals surface area (Å²) in [5.74, 6) is 0.339. The van der Waals surface area contributed by atoms with Crippen molar-refractivity contribution in [2.75, 3.05) is 5.75 Å². The summed E-state index contributed by atoms with van der Waals surface area (Å²) in [6, 6.07) is 14.2. The van der Waals surface area contributed by atoms with Crippen molar-refractivity contribution in [3.63, 3.8) is 0 Å². The van der Waals surface area contributed by atoms with Crippen LogP contribution in [0.1, 0.15) is 20.3 Å². The van der Waals surface area contributed by atoms with Crippen molar-refractivity contribution in [2.45, 2.75) is 31.5 Å². The molecule has 1 unspecified atom stereocenters. The Kier molecular flexibility index (Phi) is 5.06. The molecule has 1 N–H and O–H groups in total. The minimum absolute atomic E-state index is 0.0182.